The summed E-state index contributed by atoms with van der Waals surface area (Å²) in [5.74, 6) is 0. The molecular weight excluding hydrogens is 259 g/mol. The topological polar surface area (TPSA) is 59.8 Å². The molecule has 2 aromatic rings. The Morgan fingerprint density at radius 1 is 1.29 bits per heavy atom. The smallest absolute Gasteiger partial charge is 0.850 e. The van der Waals surface area contributed by atoms with E-state index in [9.17, 15) is 5.11 Å². The van der Waals surface area contributed by atoms with E-state index in [0.717, 1.165) is 10.5 Å². The molecule has 0 aliphatic rings. The van der Waals surface area contributed by atoms with Crippen molar-refractivity contribution in [2.75, 3.05) is 0 Å². The molecule has 17 heavy (non-hydrogen) atoms. The molecule has 1 aromatic carbocycles. The minimum absolute atomic E-state index is 0. The van der Waals surface area contributed by atoms with Crippen LogP contribution in [0, 0.1) is 0 Å². The molecular formula is C12H16KN2OS-. The number of hydrogen-bond acceptors (Lipinski definition) is 3. The van der Waals surface area contributed by atoms with Crippen molar-refractivity contribution in [2.24, 2.45) is 0 Å². The third kappa shape index (κ3) is 7.64. The molecule has 0 spiro atoms. The quantitative estimate of drug-likeness (QED) is 0.688. The zero-order valence-electron chi connectivity index (χ0n) is 10.8. The fourth-order valence-corrected chi connectivity index (χ4v) is 1.83. The third-order valence-corrected chi connectivity index (χ3v) is 2.53. The third-order valence-electron chi connectivity index (χ3n) is 1.49. The van der Waals surface area contributed by atoms with Crippen LogP contribution >= 0.6 is 11.3 Å². The van der Waals surface area contributed by atoms with Crippen LogP contribution in [-0.4, -0.2) is 10.6 Å². The minimum Gasteiger partial charge on any atom is -0.850 e. The molecule has 0 saturated carbocycles. The number of thiazole rings is 1. The molecule has 0 atom stereocenters. The SMILES string of the molecule is CC(C)(C)[O-].[K+].[NH-]Cc1nc2ccccc2s1. The predicted octanol–water partition coefficient (Wildman–Crippen LogP) is -0.00230. The standard InChI is InChI=1S/C8H7N2S.C4H9O.K/c9-5-8-10-6-3-1-2-4-7(6)11-8;1-4(2,3)5;/h1-4,9H,5H2;1-3H3;/q2*-1;+1. The van der Waals surface area contributed by atoms with E-state index in [2.05, 4.69) is 4.98 Å². The molecule has 0 amide bonds. The summed E-state index contributed by atoms with van der Waals surface area (Å²) in [4.78, 5) is 4.26. The van der Waals surface area contributed by atoms with Gasteiger partial charge in [-0.05, 0) is 12.1 Å². The summed E-state index contributed by atoms with van der Waals surface area (Å²) in [6.45, 7) is 5.19. The van der Waals surface area contributed by atoms with Crippen molar-refractivity contribution < 1.29 is 56.5 Å². The van der Waals surface area contributed by atoms with E-state index in [-0.39, 0.29) is 51.4 Å². The summed E-state index contributed by atoms with van der Waals surface area (Å²) >= 11 is 1.60. The van der Waals surface area contributed by atoms with Crippen molar-refractivity contribution in [3.8, 4) is 0 Å². The van der Waals surface area contributed by atoms with Gasteiger partial charge in [-0.1, -0.05) is 39.4 Å². The maximum Gasteiger partial charge on any atom is 1.00 e. The van der Waals surface area contributed by atoms with Crippen molar-refractivity contribution in [3.05, 3.63) is 35.0 Å². The number of nitrogens with one attached hydrogen (secondary N) is 1. The Morgan fingerprint density at radius 2 is 1.82 bits per heavy atom. The fourth-order valence-electron chi connectivity index (χ4n) is 0.996. The molecule has 5 heteroatoms. The summed E-state index contributed by atoms with van der Waals surface area (Å²) in [6, 6.07) is 7.97. The van der Waals surface area contributed by atoms with E-state index in [1.165, 1.54) is 4.70 Å². The molecule has 2 rings (SSSR count). The van der Waals surface area contributed by atoms with Gasteiger partial charge in [-0.3, -0.25) is 0 Å². The van der Waals surface area contributed by atoms with Crippen LogP contribution in [0.15, 0.2) is 24.3 Å². The second kappa shape index (κ2) is 7.96. The molecule has 1 heterocycles. The van der Waals surface area contributed by atoms with Crippen LogP contribution in [0.3, 0.4) is 0 Å². The van der Waals surface area contributed by atoms with Gasteiger partial charge in [-0.25, -0.2) is 4.98 Å². The molecule has 0 aliphatic heterocycles. The fraction of sp³-hybridized carbons (Fsp3) is 0.417. The average Bonchev–Trinajstić information content (AvgIpc) is 2.57. The number of para-hydroxylation sites is 1. The molecule has 0 fully saturated rings. The second-order valence-corrected chi connectivity index (χ2v) is 5.48. The van der Waals surface area contributed by atoms with Crippen LogP contribution in [0.2, 0.25) is 0 Å². The van der Waals surface area contributed by atoms with Crippen molar-refractivity contribution >= 4 is 21.6 Å². The predicted molar refractivity (Wildman–Crippen MR) is 67.4 cm³/mol. The Balaban J connectivity index is 0.000000373. The molecule has 88 valence electrons. The van der Waals surface area contributed by atoms with E-state index >= 15 is 0 Å². The summed E-state index contributed by atoms with van der Waals surface area (Å²) in [5, 5.41) is 11.0. The zero-order valence-corrected chi connectivity index (χ0v) is 14.7. The van der Waals surface area contributed by atoms with Gasteiger partial charge >= 0.3 is 51.4 Å². The Labute approximate surface area is 149 Å². The molecule has 3 nitrogen and oxygen atoms in total. The van der Waals surface area contributed by atoms with E-state index in [1.807, 2.05) is 24.3 Å². The monoisotopic (exact) mass is 275 g/mol. The van der Waals surface area contributed by atoms with Gasteiger partial charge < -0.3 is 10.8 Å². The van der Waals surface area contributed by atoms with Crippen LogP contribution in [-0.2, 0) is 6.54 Å². The van der Waals surface area contributed by atoms with Crippen molar-refractivity contribution in [3.63, 3.8) is 0 Å². The number of hydrogen-bond donors (Lipinski definition) is 0. The number of nitrogens with zero attached hydrogens (tertiary/aromatic N) is 1. The van der Waals surface area contributed by atoms with Gasteiger partial charge in [0.2, 0.25) is 0 Å². The second-order valence-electron chi connectivity index (χ2n) is 4.36. The van der Waals surface area contributed by atoms with Gasteiger partial charge in [0, 0.05) is 0 Å². The van der Waals surface area contributed by atoms with E-state index in [1.54, 1.807) is 32.1 Å². The van der Waals surface area contributed by atoms with Gasteiger partial charge in [0.05, 0.1) is 15.2 Å². The number of aromatic nitrogens is 1. The molecule has 0 aliphatic carbocycles. The van der Waals surface area contributed by atoms with Gasteiger partial charge in [0.25, 0.3) is 0 Å². The van der Waals surface area contributed by atoms with Crippen LogP contribution in [0.5, 0.6) is 0 Å². The summed E-state index contributed by atoms with van der Waals surface area (Å²) < 4.78 is 1.18. The molecule has 0 saturated heterocycles. The van der Waals surface area contributed by atoms with Crippen LogP contribution < -0.4 is 56.5 Å². The van der Waals surface area contributed by atoms with Crippen molar-refractivity contribution in [1.29, 1.82) is 0 Å². The van der Waals surface area contributed by atoms with Crippen molar-refractivity contribution in [1.82, 2.24) is 4.98 Å². The Hall–Kier alpha value is 0.666. The van der Waals surface area contributed by atoms with Gasteiger partial charge in [0.15, 0.2) is 0 Å². The minimum atomic E-state index is -0.750. The van der Waals surface area contributed by atoms with E-state index in [0.29, 0.717) is 6.54 Å². The Morgan fingerprint density at radius 3 is 2.29 bits per heavy atom. The number of fused-ring (bicyclic) bond motifs is 1. The molecule has 1 N–H and O–H groups in total. The summed E-state index contributed by atoms with van der Waals surface area (Å²) in [7, 11) is 0. The largest absolute Gasteiger partial charge is 1.00 e. The number of rotatable bonds is 1. The molecule has 1 aromatic heterocycles. The number of benzene rings is 1. The average molecular weight is 275 g/mol. The van der Waals surface area contributed by atoms with Crippen LogP contribution in [0.1, 0.15) is 25.8 Å². The Kier molecular flexibility index (Phi) is 8.27. The maximum atomic E-state index is 10.1. The Bertz CT molecular complexity index is 412. The van der Waals surface area contributed by atoms with Gasteiger partial charge in [-0.15, -0.1) is 16.9 Å². The summed E-state index contributed by atoms with van der Waals surface area (Å²) in [6.07, 6.45) is 0. The molecule has 0 unspecified atom stereocenters. The molecule has 0 radical (unpaired) electrons. The van der Waals surface area contributed by atoms with Crippen LogP contribution in [0.25, 0.3) is 16.0 Å². The van der Waals surface area contributed by atoms with E-state index < -0.39 is 5.60 Å². The molecule has 0 bridgehead atoms. The first-order chi connectivity index (χ1) is 7.40. The van der Waals surface area contributed by atoms with Gasteiger partial charge in [0.1, 0.15) is 0 Å². The van der Waals surface area contributed by atoms with Gasteiger partial charge in [-0.2, -0.15) is 0 Å². The normalized spacial score (nSPS) is 10.4. The zero-order chi connectivity index (χ0) is 12.2. The maximum absolute atomic E-state index is 10.1. The summed E-state index contributed by atoms with van der Waals surface area (Å²) in [5.41, 5.74) is 7.39. The van der Waals surface area contributed by atoms with E-state index in [4.69, 9.17) is 5.73 Å². The first-order valence-electron chi connectivity index (χ1n) is 5.09. The van der Waals surface area contributed by atoms with Crippen LogP contribution in [0.4, 0.5) is 0 Å². The first-order valence-corrected chi connectivity index (χ1v) is 5.91. The van der Waals surface area contributed by atoms with Crippen molar-refractivity contribution in [2.45, 2.75) is 32.9 Å². The first kappa shape index (κ1) is 17.7.